The van der Waals surface area contributed by atoms with Crippen LogP contribution in [0.2, 0.25) is 5.02 Å². The van der Waals surface area contributed by atoms with Gasteiger partial charge in [-0.1, -0.05) is 23.7 Å². The van der Waals surface area contributed by atoms with Crippen molar-refractivity contribution in [3.8, 4) is 0 Å². The summed E-state index contributed by atoms with van der Waals surface area (Å²) in [4.78, 5) is 28.9. The van der Waals surface area contributed by atoms with Gasteiger partial charge in [-0.15, -0.1) is 0 Å². The van der Waals surface area contributed by atoms with Crippen LogP contribution >= 0.6 is 11.6 Å². The highest BCUT2D eigenvalue weighted by molar-refractivity contribution is 6.30. The molecule has 22 heavy (non-hydrogen) atoms. The number of amides is 1. The second-order valence-electron chi connectivity index (χ2n) is 5.47. The quantitative estimate of drug-likeness (QED) is 0.873. The minimum Gasteiger partial charge on any atom is -0.354 e. The van der Waals surface area contributed by atoms with Crippen molar-refractivity contribution < 1.29 is 9.59 Å². The first-order valence-electron chi connectivity index (χ1n) is 7.01. The van der Waals surface area contributed by atoms with E-state index in [-0.39, 0.29) is 11.7 Å². The number of benzene rings is 1. The second kappa shape index (κ2) is 6.36. The molecule has 0 aliphatic carbocycles. The average molecular weight is 319 g/mol. The van der Waals surface area contributed by atoms with Crippen molar-refractivity contribution in [1.29, 1.82) is 0 Å². The van der Waals surface area contributed by atoms with Crippen molar-refractivity contribution in [2.45, 2.75) is 27.3 Å². The van der Waals surface area contributed by atoms with E-state index in [0.717, 1.165) is 11.3 Å². The molecule has 0 radical (unpaired) electrons. The number of halogens is 1. The highest BCUT2D eigenvalue weighted by atomic mass is 35.5. The maximum absolute atomic E-state index is 12.6. The van der Waals surface area contributed by atoms with Crippen LogP contribution in [-0.4, -0.2) is 28.6 Å². The van der Waals surface area contributed by atoms with E-state index in [1.165, 1.54) is 6.92 Å². The Labute approximate surface area is 135 Å². The van der Waals surface area contributed by atoms with Gasteiger partial charge >= 0.3 is 0 Å². The van der Waals surface area contributed by atoms with E-state index >= 15 is 0 Å². The maximum atomic E-state index is 12.6. The highest BCUT2D eigenvalue weighted by Gasteiger charge is 2.22. The average Bonchev–Trinajstić information content (AvgIpc) is 2.75. The number of aromatic nitrogens is 1. The molecule has 1 heterocycles. The number of hydrogen-bond acceptors (Lipinski definition) is 2. The first-order chi connectivity index (χ1) is 10.3. The van der Waals surface area contributed by atoms with Gasteiger partial charge in [0, 0.05) is 29.9 Å². The van der Waals surface area contributed by atoms with Crippen LogP contribution in [0.25, 0.3) is 0 Å². The molecule has 4 nitrogen and oxygen atoms in total. The molecule has 2 rings (SSSR count). The molecule has 0 spiro atoms. The van der Waals surface area contributed by atoms with Crippen LogP contribution in [0.1, 0.15) is 44.6 Å². The molecule has 1 aromatic heterocycles. The van der Waals surface area contributed by atoms with Gasteiger partial charge in [0.15, 0.2) is 5.78 Å². The first kappa shape index (κ1) is 16.3. The second-order valence-corrected chi connectivity index (χ2v) is 5.91. The SMILES string of the molecule is CC(=O)c1c(C)[nH]c(C(=O)N(C)Cc2ccc(Cl)cc2)c1C. The van der Waals surface area contributed by atoms with E-state index in [0.29, 0.717) is 28.4 Å². The van der Waals surface area contributed by atoms with Gasteiger partial charge in [0.2, 0.25) is 0 Å². The van der Waals surface area contributed by atoms with Gasteiger partial charge in [0.25, 0.3) is 5.91 Å². The van der Waals surface area contributed by atoms with Crippen LogP contribution in [0.5, 0.6) is 0 Å². The zero-order valence-electron chi connectivity index (χ0n) is 13.2. The molecular weight excluding hydrogens is 300 g/mol. The fourth-order valence-corrected chi connectivity index (χ4v) is 2.74. The standard InChI is InChI=1S/C17H19ClN2O2/c1-10-15(12(3)21)11(2)19-16(10)17(22)20(4)9-13-5-7-14(18)8-6-13/h5-8,19H,9H2,1-4H3. The third-order valence-corrected chi connectivity index (χ3v) is 3.94. The Kier molecular flexibility index (Phi) is 4.71. The van der Waals surface area contributed by atoms with Gasteiger partial charge in [-0.2, -0.15) is 0 Å². The molecule has 0 bridgehead atoms. The zero-order valence-corrected chi connectivity index (χ0v) is 13.9. The lowest BCUT2D eigenvalue weighted by molar-refractivity contribution is 0.0779. The predicted octanol–water partition coefficient (Wildman–Crippen LogP) is 3.76. The monoisotopic (exact) mass is 318 g/mol. The molecule has 2 aromatic rings. The van der Waals surface area contributed by atoms with E-state index in [2.05, 4.69) is 4.98 Å². The van der Waals surface area contributed by atoms with Crippen LogP contribution in [-0.2, 0) is 6.54 Å². The molecular formula is C17H19ClN2O2. The Bertz CT molecular complexity index is 717. The molecule has 1 aromatic carbocycles. The van der Waals surface area contributed by atoms with Gasteiger partial charge in [0.05, 0.1) is 0 Å². The lowest BCUT2D eigenvalue weighted by Crippen LogP contribution is -2.27. The molecule has 0 unspecified atom stereocenters. The summed E-state index contributed by atoms with van der Waals surface area (Å²) in [6, 6.07) is 7.38. The summed E-state index contributed by atoms with van der Waals surface area (Å²) in [5.41, 5.74) is 3.50. The van der Waals surface area contributed by atoms with E-state index in [4.69, 9.17) is 11.6 Å². The van der Waals surface area contributed by atoms with E-state index < -0.39 is 0 Å². The lowest BCUT2D eigenvalue weighted by atomic mass is 10.1. The maximum Gasteiger partial charge on any atom is 0.270 e. The fraction of sp³-hybridized carbons (Fsp3) is 0.294. The summed E-state index contributed by atoms with van der Waals surface area (Å²) < 4.78 is 0. The van der Waals surface area contributed by atoms with Crippen molar-refractivity contribution >= 4 is 23.3 Å². The smallest absolute Gasteiger partial charge is 0.270 e. The Balaban J connectivity index is 2.22. The molecule has 116 valence electrons. The Morgan fingerprint density at radius 2 is 1.77 bits per heavy atom. The topological polar surface area (TPSA) is 53.2 Å². The minimum absolute atomic E-state index is 0.0364. The number of ketones is 1. The molecule has 0 atom stereocenters. The van der Waals surface area contributed by atoms with Gasteiger partial charge < -0.3 is 9.88 Å². The Hall–Kier alpha value is -2.07. The number of nitrogens with one attached hydrogen (secondary N) is 1. The third kappa shape index (κ3) is 3.22. The fourth-order valence-electron chi connectivity index (χ4n) is 2.62. The molecule has 1 amide bonds. The molecule has 0 saturated heterocycles. The molecule has 0 aliphatic rings. The number of Topliss-reactive ketones (excluding diaryl/α,β-unsaturated/α-hetero) is 1. The number of nitrogens with zero attached hydrogens (tertiary/aromatic N) is 1. The van der Waals surface area contributed by atoms with Gasteiger partial charge in [-0.05, 0) is 44.0 Å². The number of carbonyl (C=O) groups excluding carboxylic acids is 2. The van der Waals surface area contributed by atoms with Crippen LogP contribution in [0.4, 0.5) is 0 Å². The molecule has 0 saturated carbocycles. The van der Waals surface area contributed by atoms with Crippen molar-refractivity contribution in [2.75, 3.05) is 7.05 Å². The summed E-state index contributed by atoms with van der Waals surface area (Å²) in [6.45, 7) is 5.58. The number of rotatable bonds is 4. The normalized spacial score (nSPS) is 10.6. The van der Waals surface area contributed by atoms with Crippen molar-refractivity contribution in [3.05, 3.63) is 57.4 Å². The largest absolute Gasteiger partial charge is 0.354 e. The van der Waals surface area contributed by atoms with E-state index in [1.807, 2.05) is 12.1 Å². The zero-order chi connectivity index (χ0) is 16.4. The lowest BCUT2D eigenvalue weighted by Gasteiger charge is -2.17. The molecule has 5 heteroatoms. The summed E-state index contributed by atoms with van der Waals surface area (Å²) >= 11 is 5.86. The van der Waals surface area contributed by atoms with Crippen molar-refractivity contribution in [3.63, 3.8) is 0 Å². The first-order valence-corrected chi connectivity index (χ1v) is 7.39. The Morgan fingerprint density at radius 3 is 2.27 bits per heavy atom. The summed E-state index contributed by atoms with van der Waals surface area (Å²) in [5, 5.41) is 0.666. The van der Waals surface area contributed by atoms with Crippen LogP contribution < -0.4 is 0 Å². The van der Waals surface area contributed by atoms with Crippen LogP contribution in [0.15, 0.2) is 24.3 Å². The summed E-state index contributed by atoms with van der Waals surface area (Å²) in [6.07, 6.45) is 0. The summed E-state index contributed by atoms with van der Waals surface area (Å²) in [7, 11) is 1.74. The van der Waals surface area contributed by atoms with Crippen molar-refractivity contribution in [1.82, 2.24) is 9.88 Å². The Morgan fingerprint density at radius 1 is 1.18 bits per heavy atom. The van der Waals surface area contributed by atoms with Gasteiger partial charge in [-0.3, -0.25) is 9.59 Å². The number of hydrogen-bond donors (Lipinski definition) is 1. The predicted molar refractivity (Wildman–Crippen MR) is 87.5 cm³/mol. The third-order valence-electron chi connectivity index (χ3n) is 3.68. The van der Waals surface area contributed by atoms with Crippen LogP contribution in [0.3, 0.4) is 0 Å². The number of carbonyl (C=O) groups is 2. The number of aryl methyl sites for hydroxylation is 1. The highest BCUT2D eigenvalue weighted by Crippen LogP contribution is 2.20. The van der Waals surface area contributed by atoms with E-state index in [9.17, 15) is 9.59 Å². The molecule has 0 fully saturated rings. The van der Waals surface area contributed by atoms with Crippen LogP contribution in [0, 0.1) is 13.8 Å². The molecule has 1 N–H and O–H groups in total. The van der Waals surface area contributed by atoms with E-state index in [1.54, 1.807) is 37.9 Å². The van der Waals surface area contributed by atoms with Gasteiger partial charge in [0.1, 0.15) is 5.69 Å². The summed E-state index contributed by atoms with van der Waals surface area (Å²) in [5.74, 6) is -0.172. The number of H-pyrrole nitrogens is 1. The van der Waals surface area contributed by atoms with Crippen molar-refractivity contribution in [2.24, 2.45) is 0 Å². The van der Waals surface area contributed by atoms with Gasteiger partial charge in [-0.25, -0.2) is 0 Å². The number of aromatic amines is 1. The minimum atomic E-state index is -0.136. The molecule has 0 aliphatic heterocycles.